The average molecular weight is 226 g/mol. The summed E-state index contributed by atoms with van der Waals surface area (Å²) in [4.78, 5) is 0. The standard InChI is InChI=1S/C6H5ClFNO3S/c7-4-1-2-5(8)6(3-4)12-13(9,10)11/h1-3H,(H2,9,10,11). The molecule has 0 spiro atoms. The molecular formula is C6H5ClFNO3S. The first-order valence-electron chi connectivity index (χ1n) is 3.06. The number of benzene rings is 1. The van der Waals surface area contributed by atoms with Crippen LogP contribution >= 0.6 is 11.6 Å². The maximum atomic E-state index is 12.8. The maximum Gasteiger partial charge on any atom is 0.380 e. The lowest BCUT2D eigenvalue weighted by Gasteiger charge is -2.03. The van der Waals surface area contributed by atoms with Crippen molar-refractivity contribution in [2.45, 2.75) is 0 Å². The monoisotopic (exact) mass is 225 g/mol. The Kier molecular flexibility index (Phi) is 2.74. The zero-order valence-electron chi connectivity index (χ0n) is 6.20. The largest absolute Gasteiger partial charge is 0.380 e. The third kappa shape index (κ3) is 3.17. The highest BCUT2D eigenvalue weighted by molar-refractivity contribution is 7.84. The fourth-order valence-corrected chi connectivity index (χ4v) is 1.21. The lowest BCUT2D eigenvalue weighted by molar-refractivity contribution is 0.463. The van der Waals surface area contributed by atoms with Gasteiger partial charge in [0.1, 0.15) is 0 Å². The molecule has 1 aromatic rings. The van der Waals surface area contributed by atoms with Gasteiger partial charge in [0, 0.05) is 11.1 Å². The van der Waals surface area contributed by atoms with E-state index in [2.05, 4.69) is 9.32 Å². The summed E-state index contributed by atoms with van der Waals surface area (Å²) in [7, 11) is -4.22. The fraction of sp³-hybridized carbons (Fsp3) is 0. The van der Waals surface area contributed by atoms with E-state index in [-0.39, 0.29) is 5.02 Å². The molecule has 4 nitrogen and oxygen atoms in total. The second-order valence-corrected chi connectivity index (χ2v) is 3.74. The molecule has 72 valence electrons. The van der Waals surface area contributed by atoms with Crippen molar-refractivity contribution < 1.29 is 17.0 Å². The average Bonchev–Trinajstić information content (AvgIpc) is 1.94. The van der Waals surface area contributed by atoms with Crippen LogP contribution in [0.15, 0.2) is 18.2 Å². The van der Waals surface area contributed by atoms with Gasteiger partial charge in [-0.25, -0.2) is 4.39 Å². The molecule has 0 saturated heterocycles. The van der Waals surface area contributed by atoms with Gasteiger partial charge < -0.3 is 4.18 Å². The Hall–Kier alpha value is -0.850. The van der Waals surface area contributed by atoms with Gasteiger partial charge in [0.05, 0.1) is 0 Å². The van der Waals surface area contributed by atoms with Crippen molar-refractivity contribution >= 4 is 21.9 Å². The van der Waals surface area contributed by atoms with Crippen LogP contribution in [0.2, 0.25) is 5.02 Å². The Bertz CT molecular complexity index is 420. The maximum absolute atomic E-state index is 12.8. The molecule has 7 heteroatoms. The van der Waals surface area contributed by atoms with Crippen LogP contribution in [0.3, 0.4) is 0 Å². The summed E-state index contributed by atoms with van der Waals surface area (Å²) in [5, 5.41) is 4.68. The van der Waals surface area contributed by atoms with Gasteiger partial charge in [0.15, 0.2) is 11.6 Å². The van der Waals surface area contributed by atoms with Gasteiger partial charge in [0.25, 0.3) is 0 Å². The van der Waals surface area contributed by atoms with Gasteiger partial charge in [0.2, 0.25) is 0 Å². The summed E-state index contributed by atoms with van der Waals surface area (Å²) in [5.41, 5.74) is 0. The highest BCUT2D eigenvalue weighted by atomic mass is 35.5. The molecule has 0 fully saturated rings. The number of nitrogens with two attached hydrogens (primary N) is 1. The predicted molar refractivity (Wildman–Crippen MR) is 45.1 cm³/mol. The molecule has 0 atom stereocenters. The number of hydrogen-bond acceptors (Lipinski definition) is 3. The smallest absolute Gasteiger partial charge is 0.368 e. The molecule has 0 radical (unpaired) electrons. The summed E-state index contributed by atoms with van der Waals surface area (Å²) >= 11 is 5.46. The zero-order valence-corrected chi connectivity index (χ0v) is 7.77. The molecular weight excluding hydrogens is 221 g/mol. The van der Waals surface area contributed by atoms with Crippen LogP contribution in [0.5, 0.6) is 5.75 Å². The third-order valence-corrected chi connectivity index (χ3v) is 1.75. The Morgan fingerprint density at radius 2 is 2.08 bits per heavy atom. The molecule has 0 unspecified atom stereocenters. The molecule has 0 saturated carbocycles. The van der Waals surface area contributed by atoms with Gasteiger partial charge in [-0.05, 0) is 12.1 Å². The second kappa shape index (κ2) is 3.49. The normalized spacial score (nSPS) is 11.3. The second-order valence-electron chi connectivity index (χ2n) is 2.15. The van der Waals surface area contributed by atoms with Crippen molar-refractivity contribution in [2.75, 3.05) is 0 Å². The third-order valence-electron chi connectivity index (χ3n) is 1.10. The molecule has 13 heavy (non-hydrogen) atoms. The van der Waals surface area contributed by atoms with E-state index in [0.29, 0.717) is 0 Å². The van der Waals surface area contributed by atoms with Crippen LogP contribution in [-0.2, 0) is 10.3 Å². The quantitative estimate of drug-likeness (QED) is 0.818. The van der Waals surface area contributed by atoms with Crippen LogP contribution in [0.25, 0.3) is 0 Å². The van der Waals surface area contributed by atoms with Gasteiger partial charge in [-0.15, -0.1) is 0 Å². The van der Waals surface area contributed by atoms with E-state index in [4.69, 9.17) is 11.6 Å². The van der Waals surface area contributed by atoms with Crippen molar-refractivity contribution in [1.29, 1.82) is 0 Å². The van der Waals surface area contributed by atoms with Crippen LogP contribution in [0.1, 0.15) is 0 Å². The Morgan fingerprint density at radius 1 is 1.46 bits per heavy atom. The van der Waals surface area contributed by atoms with Crippen molar-refractivity contribution in [3.63, 3.8) is 0 Å². The summed E-state index contributed by atoms with van der Waals surface area (Å²) < 4.78 is 37.7. The van der Waals surface area contributed by atoms with Crippen molar-refractivity contribution in [1.82, 2.24) is 0 Å². The van der Waals surface area contributed by atoms with E-state index >= 15 is 0 Å². The minimum Gasteiger partial charge on any atom is -0.368 e. The topological polar surface area (TPSA) is 69.4 Å². The van der Waals surface area contributed by atoms with Crippen LogP contribution in [0.4, 0.5) is 4.39 Å². The van der Waals surface area contributed by atoms with E-state index in [9.17, 15) is 12.8 Å². The molecule has 0 aromatic heterocycles. The van der Waals surface area contributed by atoms with Crippen LogP contribution < -0.4 is 9.32 Å². The van der Waals surface area contributed by atoms with Crippen molar-refractivity contribution in [2.24, 2.45) is 5.14 Å². The van der Waals surface area contributed by atoms with E-state index < -0.39 is 21.9 Å². The number of hydrogen-bond donors (Lipinski definition) is 1. The molecule has 0 aliphatic carbocycles. The molecule has 0 aliphatic heterocycles. The lowest BCUT2D eigenvalue weighted by Crippen LogP contribution is -2.19. The van der Waals surface area contributed by atoms with Crippen LogP contribution in [0, 0.1) is 5.82 Å². The first kappa shape index (κ1) is 10.2. The summed E-state index contributed by atoms with van der Waals surface area (Å²) in [6.45, 7) is 0. The molecule has 0 bridgehead atoms. The zero-order chi connectivity index (χ0) is 10.1. The molecule has 0 heterocycles. The number of halogens is 2. The minimum absolute atomic E-state index is 0.153. The predicted octanol–water partition coefficient (Wildman–Crippen LogP) is 1.06. The fourth-order valence-electron chi connectivity index (χ4n) is 0.666. The molecule has 0 amide bonds. The van der Waals surface area contributed by atoms with Gasteiger partial charge in [-0.1, -0.05) is 11.6 Å². The van der Waals surface area contributed by atoms with Crippen molar-refractivity contribution in [3.05, 3.63) is 29.0 Å². The SMILES string of the molecule is NS(=O)(=O)Oc1cc(Cl)ccc1F. The van der Waals surface area contributed by atoms with Crippen molar-refractivity contribution in [3.8, 4) is 5.75 Å². The van der Waals surface area contributed by atoms with Crippen LogP contribution in [-0.4, -0.2) is 8.42 Å². The first-order chi connectivity index (χ1) is 5.88. The number of rotatable bonds is 2. The Morgan fingerprint density at radius 3 is 2.62 bits per heavy atom. The molecule has 1 aromatic carbocycles. The Balaban J connectivity index is 3.08. The highest BCUT2D eigenvalue weighted by Crippen LogP contribution is 2.22. The van der Waals surface area contributed by atoms with E-state index in [1.807, 2.05) is 0 Å². The molecule has 2 N–H and O–H groups in total. The van der Waals surface area contributed by atoms with E-state index in [1.165, 1.54) is 6.07 Å². The summed E-state index contributed by atoms with van der Waals surface area (Å²) in [5.74, 6) is -1.37. The van der Waals surface area contributed by atoms with Gasteiger partial charge >= 0.3 is 10.3 Å². The Labute approximate surface area is 79.3 Å². The van der Waals surface area contributed by atoms with Gasteiger partial charge in [-0.3, -0.25) is 0 Å². The minimum atomic E-state index is -4.22. The summed E-state index contributed by atoms with van der Waals surface area (Å²) in [6.07, 6.45) is 0. The highest BCUT2D eigenvalue weighted by Gasteiger charge is 2.10. The lowest BCUT2D eigenvalue weighted by atomic mass is 10.3. The van der Waals surface area contributed by atoms with E-state index in [0.717, 1.165) is 12.1 Å². The molecule has 0 aliphatic rings. The van der Waals surface area contributed by atoms with E-state index in [1.54, 1.807) is 0 Å². The molecule has 1 rings (SSSR count). The van der Waals surface area contributed by atoms with Gasteiger partial charge in [-0.2, -0.15) is 13.6 Å². The summed E-state index contributed by atoms with van der Waals surface area (Å²) in [6, 6.07) is 3.25. The first-order valence-corrected chi connectivity index (χ1v) is 4.91.